The van der Waals surface area contributed by atoms with Crippen LogP contribution in [0.3, 0.4) is 0 Å². The highest BCUT2D eigenvalue weighted by Gasteiger charge is 2.27. The molecule has 1 unspecified atom stereocenters. The van der Waals surface area contributed by atoms with E-state index in [4.69, 9.17) is 21.3 Å². The number of aromatic nitrogens is 2. The van der Waals surface area contributed by atoms with Crippen LogP contribution in [0, 0.1) is 0 Å². The molecule has 2 aromatic carbocycles. The van der Waals surface area contributed by atoms with Gasteiger partial charge in [0, 0.05) is 40.8 Å². The van der Waals surface area contributed by atoms with E-state index in [2.05, 4.69) is 4.98 Å². The molecule has 0 aliphatic carbocycles. The highest BCUT2D eigenvalue weighted by Crippen LogP contribution is 2.24. The number of pyridine rings is 1. The Morgan fingerprint density at radius 1 is 1.06 bits per heavy atom. The maximum atomic E-state index is 13.1. The zero-order valence-corrected chi connectivity index (χ0v) is 18.4. The van der Waals surface area contributed by atoms with Crippen LogP contribution in [0.25, 0.3) is 10.9 Å². The number of hydrogen-bond acceptors (Lipinski definition) is 3. The average Bonchev–Trinajstić information content (AvgIpc) is 3.24. The first-order valence-corrected chi connectivity index (χ1v) is 11.2. The maximum absolute atomic E-state index is 13.1. The monoisotopic (exact) mass is 445 g/mol. The molecule has 1 N–H and O–H groups in total. The fourth-order valence-electron chi connectivity index (χ4n) is 4.22. The van der Waals surface area contributed by atoms with Crippen molar-refractivity contribution in [2.75, 3.05) is 19.7 Å². The minimum absolute atomic E-state index is 0.107. The van der Waals surface area contributed by atoms with Gasteiger partial charge < -0.3 is 14.6 Å². The van der Waals surface area contributed by atoms with Gasteiger partial charge in [-0.25, -0.2) is 0 Å². The van der Waals surface area contributed by atoms with E-state index in [-0.39, 0.29) is 12.0 Å². The lowest BCUT2D eigenvalue weighted by Crippen LogP contribution is -2.43. The number of carbonyl (C=O) groups is 1. The van der Waals surface area contributed by atoms with Crippen molar-refractivity contribution in [1.29, 1.82) is 0 Å². The Morgan fingerprint density at radius 3 is 2.81 bits per heavy atom. The van der Waals surface area contributed by atoms with Gasteiger partial charge in [-0.15, -0.1) is 0 Å². The lowest BCUT2D eigenvalue weighted by Gasteiger charge is -2.33. The number of nitrogens with zero attached hydrogens (tertiary/aromatic N) is 2. The first-order chi connectivity index (χ1) is 15.7. The molecule has 1 saturated heterocycles. The molecule has 0 saturated carbocycles. The van der Waals surface area contributed by atoms with Crippen molar-refractivity contribution in [3.8, 4) is 0 Å². The molecule has 1 fully saturated rings. The molecule has 1 atom stereocenters. The molecule has 32 heavy (non-hydrogen) atoms. The number of rotatable bonds is 5. The van der Waals surface area contributed by atoms with E-state index in [9.17, 15) is 4.79 Å². The van der Waals surface area contributed by atoms with Crippen LogP contribution in [0.4, 0.5) is 0 Å². The van der Waals surface area contributed by atoms with Crippen LogP contribution in [0.15, 0.2) is 72.9 Å². The summed E-state index contributed by atoms with van der Waals surface area (Å²) in [5, 5.41) is 1.84. The van der Waals surface area contributed by atoms with Crippen molar-refractivity contribution in [1.82, 2.24) is 14.9 Å². The topological polar surface area (TPSA) is 58.2 Å². The number of benzene rings is 2. The summed E-state index contributed by atoms with van der Waals surface area (Å²) in [7, 11) is 0. The van der Waals surface area contributed by atoms with Gasteiger partial charge in [-0.3, -0.25) is 9.78 Å². The second kappa shape index (κ2) is 9.15. The average molecular weight is 446 g/mol. The third-order valence-corrected chi connectivity index (χ3v) is 6.29. The predicted molar refractivity (Wildman–Crippen MR) is 126 cm³/mol. The summed E-state index contributed by atoms with van der Waals surface area (Å²) in [6.07, 6.45) is 2.72. The van der Waals surface area contributed by atoms with E-state index in [0.717, 1.165) is 38.4 Å². The van der Waals surface area contributed by atoms with Crippen LogP contribution < -0.4 is 0 Å². The molecule has 162 valence electrons. The largest absolute Gasteiger partial charge is 0.368 e. The molecular formula is C26H24ClN3O2. The Labute approximate surface area is 192 Å². The highest BCUT2D eigenvalue weighted by atomic mass is 35.5. The van der Waals surface area contributed by atoms with Gasteiger partial charge in [0.1, 0.15) is 6.10 Å². The number of halogens is 1. The van der Waals surface area contributed by atoms with Gasteiger partial charge in [0.05, 0.1) is 25.3 Å². The normalized spacial score (nSPS) is 16.4. The number of carbonyl (C=O) groups excluding carboxylic acids is 1. The summed E-state index contributed by atoms with van der Waals surface area (Å²) in [6.45, 7) is 1.60. The number of para-hydroxylation sites is 1. The first kappa shape index (κ1) is 20.7. The number of hydrogen-bond donors (Lipinski definition) is 1. The molecule has 1 amide bonds. The van der Waals surface area contributed by atoms with Gasteiger partial charge in [-0.05, 0) is 35.4 Å². The number of morpholine rings is 1. The summed E-state index contributed by atoms with van der Waals surface area (Å²) in [5.41, 5.74) is 4.89. The fraction of sp³-hybridized carbons (Fsp3) is 0.231. The lowest BCUT2D eigenvalue weighted by atomic mass is 10.1. The van der Waals surface area contributed by atoms with Crippen LogP contribution in [-0.4, -0.2) is 40.5 Å². The third-order valence-electron chi connectivity index (χ3n) is 5.92. The van der Waals surface area contributed by atoms with Gasteiger partial charge in [-0.2, -0.15) is 0 Å². The molecule has 1 aliphatic rings. The zero-order chi connectivity index (χ0) is 21.9. The summed E-state index contributed by atoms with van der Waals surface area (Å²) in [5.74, 6) is 0.107. The number of ether oxygens (including phenoxy) is 1. The van der Waals surface area contributed by atoms with Crippen LogP contribution >= 0.6 is 11.6 Å². The van der Waals surface area contributed by atoms with Gasteiger partial charge >= 0.3 is 0 Å². The van der Waals surface area contributed by atoms with Crippen LogP contribution in [0.2, 0.25) is 5.02 Å². The molecule has 0 radical (unpaired) electrons. The molecule has 5 nitrogen and oxygen atoms in total. The minimum atomic E-state index is -0.234. The number of H-pyrrole nitrogens is 1. The molecule has 0 spiro atoms. The summed E-state index contributed by atoms with van der Waals surface area (Å²) in [6, 6.07) is 21.8. The van der Waals surface area contributed by atoms with Crippen molar-refractivity contribution in [2.45, 2.75) is 18.9 Å². The van der Waals surface area contributed by atoms with E-state index in [0.29, 0.717) is 32.5 Å². The van der Waals surface area contributed by atoms with Gasteiger partial charge in [-0.1, -0.05) is 54.1 Å². The van der Waals surface area contributed by atoms with Crippen molar-refractivity contribution < 1.29 is 9.53 Å². The van der Waals surface area contributed by atoms with Crippen molar-refractivity contribution in [3.05, 3.63) is 100 Å². The second-order valence-corrected chi connectivity index (χ2v) is 8.46. The lowest BCUT2D eigenvalue weighted by molar-refractivity contribution is -0.138. The molecule has 3 heterocycles. The molecule has 4 aromatic rings. The Bertz CT molecular complexity index is 1250. The predicted octanol–water partition coefficient (Wildman–Crippen LogP) is 4.95. The van der Waals surface area contributed by atoms with Crippen LogP contribution in [-0.2, 0) is 22.4 Å². The quantitative estimate of drug-likeness (QED) is 0.473. The molecule has 5 rings (SSSR count). The van der Waals surface area contributed by atoms with E-state index in [1.807, 2.05) is 77.8 Å². The minimum Gasteiger partial charge on any atom is -0.368 e. The smallest absolute Gasteiger partial charge is 0.227 e. The molecule has 6 heteroatoms. The SMILES string of the molecule is O=C(Cc1c[nH]c2ccccc12)N1CCOC(c2cccc(Cc3ccccc3Cl)n2)C1. The van der Waals surface area contributed by atoms with Crippen LogP contribution in [0.1, 0.15) is 28.6 Å². The van der Waals surface area contributed by atoms with Crippen molar-refractivity contribution in [3.63, 3.8) is 0 Å². The standard InChI is InChI=1S/C26H24ClN3O2/c27-22-9-3-1-6-18(22)14-20-7-5-11-24(29-20)25-17-30(12-13-32-25)26(31)15-19-16-28-23-10-4-2-8-21(19)23/h1-11,16,25,28H,12-15,17H2. The van der Waals surface area contributed by atoms with Crippen molar-refractivity contribution in [2.24, 2.45) is 0 Å². The zero-order valence-electron chi connectivity index (χ0n) is 17.6. The molecule has 1 aliphatic heterocycles. The summed E-state index contributed by atoms with van der Waals surface area (Å²) >= 11 is 6.31. The third kappa shape index (κ3) is 4.40. The Kier molecular flexibility index (Phi) is 5.93. The Morgan fingerprint density at radius 2 is 1.91 bits per heavy atom. The van der Waals surface area contributed by atoms with Gasteiger partial charge in [0.15, 0.2) is 0 Å². The number of fused-ring (bicyclic) bond motifs is 1. The molecular weight excluding hydrogens is 422 g/mol. The molecule has 2 aromatic heterocycles. The highest BCUT2D eigenvalue weighted by molar-refractivity contribution is 6.31. The summed E-state index contributed by atoms with van der Waals surface area (Å²) < 4.78 is 5.99. The Balaban J connectivity index is 1.28. The van der Waals surface area contributed by atoms with E-state index in [1.54, 1.807) is 0 Å². The maximum Gasteiger partial charge on any atom is 0.227 e. The van der Waals surface area contributed by atoms with E-state index >= 15 is 0 Å². The number of aromatic amines is 1. The Hall–Kier alpha value is -3.15. The van der Waals surface area contributed by atoms with Gasteiger partial charge in [0.2, 0.25) is 5.91 Å². The van der Waals surface area contributed by atoms with E-state index in [1.165, 1.54) is 0 Å². The van der Waals surface area contributed by atoms with E-state index < -0.39 is 0 Å². The summed E-state index contributed by atoms with van der Waals surface area (Å²) in [4.78, 5) is 23.0. The number of amides is 1. The van der Waals surface area contributed by atoms with Crippen molar-refractivity contribution >= 4 is 28.4 Å². The van der Waals surface area contributed by atoms with Gasteiger partial charge in [0.25, 0.3) is 0 Å². The molecule has 0 bridgehead atoms. The first-order valence-electron chi connectivity index (χ1n) is 10.8. The fourth-order valence-corrected chi connectivity index (χ4v) is 4.42. The number of nitrogens with one attached hydrogen (secondary N) is 1. The van der Waals surface area contributed by atoms with Crippen LogP contribution in [0.5, 0.6) is 0 Å². The second-order valence-electron chi connectivity index (χ2n) is 8.06.